The van der Waals surface area contributed by atoms with Gasteiger partial charge in [0.25, 0.3) is 0 Å². The van der Waals surface area contributed by atoms with Crippen LogP contribution in [0.5, 0.6) is 0 Å². The van der Waals surface area contributed by atoms with Crippen molar-refractivity contribution >= 4 is 0 Å². The lowest BCUT2D eigenvalue weighted by Gasteiger charge is -2.16. The van der Waals surface area contributed by atoms with E-state index in [0.29, 0.717) is 18.5 Å². The lowest BCUT2D eigenvalue weighted by Crippen LogP contribution is -2.31. The van der Waals surface area contributed by atoms with Crippen LogP contribution >= 0.6 is 0 Å². The highest BCUT2D eigenvalue weighted by Gasteiger charge is 2.02. The molecule has 0 bridgehead atoms. The fraction of sp³-hybridized carbons (Fsp3) is 0.684. The van der Waals surface area contributed by atoms with Crippen molar-refractivity contribution in [3.05, 3.63) is 36.5 Å². The third kappa shape index (κ3) is 11.7. The molecule has 0 aromatic carbocycles. The zero-order chi connectivity index (χ0) is 16.6. The van der Waals surface area contributed by atoms with Crippen molar-refractivity contribution in [2.24, 2.45) is 11.7 Å². The molecule has 3 heteroatoms. The number of allylic oxidation sites excluding steroid dienone is 2. The third-order valence-corrected chi connectivity index (χ3v) is 3.77. The van der Waals surface area contributed by atoms with Crippen LogP contribution in [0.4, 0.5) is 0 Å². The number of hydrogen-bond acceptors (Lipinski definition) is 3. The zero-order valence-electron chi connectivity index (χ0n) is 14.9. The first kappa shape index (κ1) is 21.1. The molecule has 0 saturated heterocycles. The molecule has 0 amide bonds. The van der Waals surface area contributed by atoms with E-state index in [1.54, 1.807) is 6.08 Å². The molecule has 0 fully saturated rings. The maximum atomic E-state index is 5.67. The van der Waals surface area contributed by atoms with Gasteiger partial charge in [0.05, 0.1) is 0 Å². The highest BCUT2D eigenvalue weighted by atomic mass is 14.9. The number of hydrogen-bond donors (Lipinski definition) is 3. The molecule has 0 spiro atoms. The highest BCUT2D eigenvalue weighted by Crippen LogP contribution is 2.02. The molecule has 0 aromatic heterocycles. The molecule has 22 heavy (non-hydrogen) atoms. The first-order valence-corrected chi connectivity index (χ1v) is 8.81. The van der Waals surface area contributed by atoms with Crippen molar-refractivity contribution in [2.75, 3.05) is 26.2 Å². The largest absolute Gasteiger partial charge is 0.326 e. The Morgan fingerprint density at radius 1 is 1.27 bits per heavy atom. The van der Waals surface area contributed by atoms with Gasteiger partial charge in [-0.3, -0.25) is 0 Å². The SMILES string of the molecule is C=C/C=C(\C=C/C(C)CNCCCNC(CC)CCC)CN. The molecule has 0 rings (SSSR count). The van der Waals surface area contributed by atoms with Crippen molar-refractivity contribution in [3.63, 3.8) is 0 Å². The zero-order valence-corrected chi connectivity index (χ0v) is 14.9. The Bertz CT molecular complexity index is 321. The molecule has 4 N–H and O–H groups in total. The first-order valence-electron chi connectivity index (χ1n) is 8.81. The Morgan fingerprint density at radius 3 is 2.64 bits per heavy atom. The molecular weight excluding hydrogens is 270 g/mol. The van der Waals surface area contributed by atoms with Gasteiger partial charge in [-0.15, -0.1) is 0 Å². The van der Waals surface area contributed by atoms with E-state index in [4.69, 9.17) is 5.73 Å². The van der Waals surface area contributed by atoms with Gasteiger partial charge in [-0.2, -0.15) is 0 Å². The molecule has 2 unspecified atom stereocenters. The third-order valence-electron chi connectivity index (χ3n) is 3.77. The summed E-state index contributed by atoms with van der Waals surface area (Å²) in [6.07, 6.45) is 13.0. The van der Waals surface area contributed by atoms with Crippen LogP contribution < -0.4 is 16.4 Å². The lowest BCUT2D eigenvalue weighted by molar-refractivity contribution is 0.451. The molecule has 0 heterocycles. The summed E-state index contributed by atoms with van der Waals surface area (Å²) in [6.45, 7) is 14.2. The average Bonchev–Trinajstić information content (AvgIpc) is 2.53. The second kappa shape index (κ2) is 15.0. The van der Waals surface area contributed by atoms with Crippen LogP contribution in [-0.4, -0.2) is 32.2 Å². The van der Waals surface area contributed by atoms with E-state index in [1.165, 1.54) is 25.7 Å². The predicted octanol–water partition coefficient (Wildman–Crippen LogP) is 3.40. The molecule has 0 aromatic rings. The second-order valence-electron chi connectivity index (χ2n) is 5.92. The van der Waals surface area contributed by atoms with E-state index in [1.807, 2.05) is 6.08 Å². The van der Waals surface area contributed by atoms with E-state index in [9.17, 15) is 0 Å². The Labute approximate surface area is 138 Å². The Hall–Kier alpha value is -0.900. The molecule has 128 valence electrons. The summed E-state index contributed by atoms with van der Waals surface area (Å²) in [6, 6.07) is 0.693. The van der Waals surface area contributed by atoms with Crippen molar-refractivity contribution < 1.29 is 0 Å². The van der Waals surface area contributed by atoms with Crippen molar-refractivity contribution in [2.45, 2.75) is 52.5 Å². The summed E-state index contributed by atoms with van der Waals surface area (Å²) in [5.74, 6) is 0.510. The van der Waals surface area contributed by atoms with E-state index < -0.39 is 0 Å². The Balaban J connectivity index is 3.72. The molecule has 2 atom stereocenters. The quantitative estimate of drug-likeness (QED) is 0.340. The lowest BCUT2D eigenvalue weighted by atomic mass is 10.1. The average molecular weight is 308 g/mol. The smallest absolute Gasteiger partial charge is 0.0177 e. The number of nitrogens with two attached hydrogens (primary N) is 1. The minimum atomic E-state index is 0.510. The van der Waals surface area contributed by atoms with Gasteiger partial charge in [-0.25, -0.2) is 0 Å². The first-order chi connectivity index (χ1) is 10.7. The van der Waals surface area contributed by atoms with Crippen molar-refractivity contribution in [3.8, 4) is 0 Å². The van der Waals surface area contributed by atoms with Gasteiger partial charge >= 0.3 is 0 Å². The van der Waals surface area contributed by atoms with Crippen LogP contribution in [0.3, 0.4) is 0 Å². The minimum Gasteiger partial charge on any atom is -0.326 e. The summed E-state index contributed by atoms with van der Waals surface area (Å²) in [5.41, 5.74) is 6.79. The van der Waals surface area contributed by atoms with Crippen molar-refractivity contribution in [1.29, 1.82) is 0 Å². The number of nitrogens with one attached hydrogen (secondary N) is 2. The van der Waals surface area contributed by atoms with Gasteiger partial charge in [-0.1, -0.05) is 58.1 Å². The van der Waals surface area contributed by atoms with E-state index in [2.05, 4.69) is 50.1 Å². The van der Waals surface area contributed by atoms with Crippen LogP contribution in [0.15, 0.2) is 36.5 Å². The predicted molar refractivity (Wildman–Crippen MR) is 100 cm³/mol. The van der Waals surface area contributed by atoms with Gasteiger partial charge in [0.15, 0.2) is 0 Å². The van der Waals surface area contributed by atoms with E-state index >= 15 is 0 Å². The summed E-state index contributed by atoms with van der Waals surface area (Å²) in [4.78, 5) is 0. The summed E-state index contributed by atoms with van der Waals surface area (Å²) in [7, 11) is 0. The standard InChI is InChI=1S/C19H37N3/c1-5-9-18(15-20)12-11-17(4)16-21-13-8-14-22-19(7-3)10-6-2/h5,9,11-12,17,19,21-22H,1,6-8,10,13-16,20H2,2-4H3/b12-11-,18-9+. The van der Waals surface area contributed by atoms with Gasteiger partial charge in [0, 0.05) is 19.1 Å². The molecular formula is C19H37N3. The molecule has 3 nitrogen and oxygen atoms in total. The van der Waals surface area contributed by atoms with Crippen LogP contribution in [0.25, 0.3) is 0 Å². The fourth-order valence-corrected chi connectivity index (χ4v) is 2.35. The van der Waals surface area contributed by atoms with Crippen LogP contribution in [0.1, 0.15) is 46.5 Å². The Kier molecular flexibility index (Phi) is 14.4. The van der Waals surface area contributed by atoms with Crippen LogP contribution in [0, 0.1) is 5.92 Å². The van der Waals surface area contributed by atoms with Gasteiger partial charge in [0.2, 0.25) is 0 Å². The maximum absolute atomic E-state index is 5.67. The summed E-state index contributed by atoms with van der Waals surface area (Å²) < 4.78 is 0. The summed E-state index contributed by atoms with van der Waals surface area (Å²) >= 11 is 0. The highest BCUT2D eigenvalue weighted by molar-refractivity contribution is 5.24. The minimum absolute atomic E-state index is 0.510. The monoisotopic (exact) mass is 307 g/mol. The molecule has 0 aliphatic carbocycles. The van der Waals surface area contributed by atoms with Crippen LogP contribution in [-0.2, 0) is 0 Å². The summed E-state index contributed by atoms with van der Waals surface area (Å²) in [5, 5.41) is 7.16. The molecule has 0 aliphatic heterocycles. The maximum Gasteiger partial charge on any atom is 0.0177 e. The molecule has 0 radical (unpaired) electrons. The van der Waals surface area contributed by atoms with Gasteiger partial charge in [-0.05, 0) is 43.8 Å². The van der Waals surface area contributed by atoms with Gasteiger partial charge < -0.3 is 16.4 Å². The second-order valence-corrected chi connectivity index (χ2v) is 5.92. The van der Waals surface area contributed by atoms with Crippen LogP contribution in [0.2, 0.25) is 0 Å². The van der Waals surface area contributed by atoms with E-state index in [-0.39, 0.29) is 0 Å². The fourth-order valence-electron chi connectivity index (χ4n) is 2.35. The van der Waals surface area contributed by atoms with Crippen molar-refractivity contribution in [1.82, 2.24) is 10.6 Å². The number of rotatable bonds is 14. The molecule has 0 saturated carbocycles. The van der Waals surface area contributed by atoms with E-state index in [0.717, 1.165) is 25.2 Å². The Morgan fingerprint density at radius 2 is 2.05 bits per heavy atom. The topological polar surface area (TPSA) is 50.1 Å². The molecule has 0 aliphatic rings. The van der Waals surface area contributed by atoms with Gasteiger partial charge in [0.1, 0.15) is 0 Å². The normalized spacial score (nSPS) is 15.2.